The van der Waals surface area contributed by atoms with Crippen molar-refractivity contribution >= 4 is 21.7 Å². The molecular weight excluding hydrogens is 330 g/mol. The number of hydrogen-bond donors (Lipinski definition) is 1. The van der Waals surface area contributed by atoms with Crippen molar-refractivity contribution in [3.05, 3.63) is 28.5 Å². The van der Waals surface area contributed by atoms with E-state index in [2.05, 4.69) is 41.3 Å². The Kier molecular flexibility index (Phi) is 4.93. The van der Waals surface area contributed by atoms with Gasteiger partial charge < -0.3 is 15.0 Å². The third-order valence-electron chi connectivity index (χ3n) is 3.38. The second-order valence-corrected chi connectivity index (χ2v) is 6.32. The van der Waals surface area contributed by atoms with Crippen molar-refractivity contribution in [2.45, 2.75) is 33.7 Å². The fourth-order valence-corrected chi connectivity index (χ4v) is 2.92. The van der Waals surface area contributed by atoms with Crippen LogP contribution in [0.2, 0.25) is 0 Å². The van der Waals surface area contributed by atoms with Crippen LogP contribution in [0.5, 0.6) is 5.75 Å². The minimum absolute atomic E-state index is 0.530. The van der Waals surface area contributed by atoms with Gasteiger partial charge in [0.25, 0.3) is 0 Å². The first-order valence-corrected chi connectivity index (χ1v) is 7.96. The van der Waals surface area contributed by atoms with Crippen molar-refractivity contribution in [1.29, 1.82) is 0 Å². The molecule has 0 atom stereocenters. The number of anilines is 1. The van der Waals surface area contributed by atoms with Gasteiger partial charge in [0.2, 0.25) is 0 Å². The molecule has 1 heterocycles. The zero-order valence-electron chi connectivity index (χ0n) is 13.0. The zero-order chi connectivity index (χ0) is 15.6. The predicted molar refractivity (Wildman–Crippen MR) is 90.5 cm³/mol. The minimum atomic E-state index is 0.530. The summed E-state index contributed by atoms with van der Waals surface area (Å²) in [6.07, 6.45) is 0.869. The summed E-state index contributed by atoms with van der Waals surface area (Å²) < 4.78 is 8.29. The van der Waals surface area contributed by atoms with Crippen LogP contribution in [0.3, 0.4) is 0 Å². The first-order valence-electron chi connectivity index (χ1n) is 7.16. The highest BCUT2D eigenvalue weighted by Crippen LogP contribution is 2.33. The number of rotatable bonds is 5. The van der Waals surface area contributed by atoms with Gasteiger partial charge in [-0.25, -0.2) is 4.98 Å². The van der Waals surface area contributed by atoms with Crippen molar-refractivity contribution in [3.8, 4) is 17.0 Å². The van der Waals surface area contributed by atoms with E-state index in [4.69, 9.17) is 15.5 Å². The number of methoxy groups -OCH3 is 1. The highest BCUT2D eigenvalue weighted by atomic mass is 79.9. The van der Waals surface area contributed by atoms with E-state index in [9.17, 15) is 0 Å². The molecule has 0 unspecified atom stereocenters. The smallest absolute Gasteiger partial charge is 0.133 e. The molecule has 21 heavy (non-hydrogen) atoms. The lowest BCUT2D eigenvalue weighted by Gasteiger charge is -2.11. The third-order valence-corrected chi connectivity index (χ3v) is 3.99. The SMILES string of the molecule is CCc1nc(-c2ccc(OC)c(Br)c2)c(N)n1CC(C)C. The maximum Gasteiger partial charge on any atom is 0.133 e. The molecule has 114 valence electrons. The summed E-state index contributed by atoms with van der Waals surface area (Å²) >= 11 is 3.51. The largest absolute Gasteiger partial charge is 0.496 e. The maximum atomic E-state index is 6.33. The number of ether oxygens (including phenoxy) is 1. The predicted octanol–water partition coefficient (Wildman–Crippen LogP) is 4.12. The van der Waals surface area contributed by atoms with Crippen LogP contribution in [-0.4, -0.2) is 16.7 Å². The normalized spacial score (nSPS) is 11.1. The van der Waals surface area contributed by atoms with Crippen LogP contribution in [0.25, 0.3) is 11.3 Å². The molecule has 1 aromatic heterocycles. The first-order chi connectivity index (χ1) is 9.97. The van der Waals surface area contributed by atoms with Crippen LogP contribution < -0.4 is 10.5 Å². The summed E-state index contributed by atoms with van der Waals surface area (Å²) in [5.41, 5.74) is 8.18. The molecule has 4 nitrogen and oxygen atoms in total. The van der Waals surface area contributed by atoms with Gasteiger partial charge in [-0.1, -0.05) is 20.8 Å². The standard InChI is InChI=1S/C16H22BrN3O/c1-5-14-19-15(16(18)20(14)9-10(2)3)11-6-7-13(21-4)12(17)8-11/h6-8,10H,5,9,18H2,1-4H3. The van der Waals surface area contributed by atoms with Gasteiger partial charge in [0, 0.05) is 18.5 Å². The fourth-order valence-electron chi connectivity index (χ4n) is 2.38. The molecule has 2 rings (SSSR count). The Hall–Kier alpha value is -1.49. The van der Waals surface area contributed by atoms with Crippen LogP contribution in [0.1, 0.15) is 26.6 Å². The monoisotopic (exact) mass is 351 g/mol. The van der Waals surface area contributed by atoms with Crippen LogP contribution >= 0.6 is 15.9 Å². The van der Waals surface area contributed by atoms with E-state index in [1.807, 2.05) is 18.2 Å². The first kappa shape index (κ1) is 15.9. The number of benzene rings is 1. The molecule has 0 spiro atoms. The molecule has 2 aromatic rings. The Balaban J connectivity index is 2.49. The maximum absolute atomic E-state index is 6.33. The number of aromatic nitrogens is 2. The Labute approximate surface area is 134 Å². The van der Waals surface area contributed by atoms with Crippen LogP contribution in [0, 0.1) is 5.92 Å². The summed E-state index contributed by atoms with van der Waals surface area (Å²) in [5, 5.41) is 0. The molecule has 0 fully saturated rings. The Morgan fingerprint density at radius 3 is 2.62 bits per heavy atom. The summed E-state index contributed by atoms with van der Waals surface area (Å²) in [4.78, 5) is 4.72. The lowest BCUT2D eigenvalue weighted by Crippen LogP contribution is -2.10. The Morgan fingerprint density at radius 2 is 2.10 bits per heavy atom. The van der Waals surface area contributed by atoms with Gasteiger partial charge in [-0.05, 0) is 40.0 Å². The summed E-state index contributed by atoms with van der Waals surface area (Å²) in [6, 6.07) is 5.91. The van der Waals surface area contributed by atoms with E-state index in [1.165, 1.54) is 0 Å². The Morgan fingerprint density at radius 1 is 1.38 bits per heavy atom. The molecule has 2 N–H and O–H groups in total. The highest BCUT2D eigenvalue weighted by Gasteiger charge is 2.16. The lowest BCUT2D eigenvalue weighted by atomic mass is 10.1. The van der Waals surface area contributed by atoms with Crippen LogP contribution in [0.15, 0.2) is 22.7 Å². The summed E-state index contributed by atoms with van der Waals surface area (Å²) in [7, 11) is 1.65. The summed E-state index contributed by atoms with van der Waals surface area (Å²) in [5.74, 6) is 3.10. The van der Waals surface area contributed by atoms with E-state index >= 15 is 0 Å². The third kappa shape index (κ3) is 3.23. The van der Waals surface area contributed by atoms with Gasteiger partial charge in [0.1, 0.15) is 23.1 Å². The van der Waals surface area contributed by atoms with E-state index in [0.29, 0.717) is 5.92 Å². The molecule has 0 aliphatic rings. The molecule has 0 aliphatic carbocycles. The number of aryl methyl sites for hydroxylation is 1. The molecule has 0 aliphatic heterocycles. The van der Waals surface area contributed by atoms with Gasteiger partial charge >= 0.3 is 0 Å². The van der Waals surface area contributed by atoms with Crippen molar-refractivity contribution in [3.63, 3.8) is 0 Å². The van der Waals surface area contributed by atoms with Gasteiger partial charge in [-0.3, -0.25) is 0 Å². The minimum Gasteiger partial charge on any atom is -0.496 e. The second-order valence-electron chi connectivity index (χ2n) is 5.47. The van der Waals surface area contributed by atoms with Gasteiger partial charge in [0.15, 0.2) is 0 Å². The van der Waals surface area contributed by atoms with E-state index in [1.54, 1.807) is 7.11 Å². The summed E-state index contributed by atoms with van der Waals surface area (Å²) in [6.45, 7) is 7.36. The van der Waals surface area contributed by atoms with Crippen molar-refractivity contribution in [1.82, 2.24) is 9.55 Å². The van der Waals surface area contributed by atoms with Crippen molar-refractivity contribution in [2.75, 3.05) is 12.8 Å². The van der Waals surface area contributed by atoms with Gasteiger partial charge in [-0.2, -0.15) is 0 Å². The number of hydrogen-bond acceptors (Lipinski definition) is 3. The second kappa shape index (κ2) is 6.52. The van der Waals surface area contributed by atoms with Crippen LogP contribution in [-0.2, 0) is 13.0 Å². The molecule has 0 saturated carbocycles. The molecule has 0 saturated heterocycles. The molecule has 0 radical (unpaired) electrons. The average molecular weight is 352 g/mol. The van der Waals surface area contributed by atoms with E-state index in [-0.39, 0.29) is 0 Å². The molecular formula is C16H22BrN3O. The molecule has 5 heteroatoms. The van der Waals surface area contributed by atoms with Gasteiger partial charge in [-0.15, -0.1) is 0 Å². The highest BCUT2D eigenvalue weighted by molar-refractivity contribution is 9.10. The Bertz CT molecular complexity index is 635. The van der Waals surface area contributed by atoms with Gasteiger partial charge in [0.05, 0.1) is 11.6 Å². The van der Waals surface area contributed by atoms with E-state index in [0.717, 1.165) is 46.1 Å². The molecule has 0 bridgehead atoms. The number of halogens is 1. The van der Waals surface area contributed by atoms with Crippen molar-refractivity contribution < 1.29 is 4.74 Å². The number of nitrogen functional groups attached to an aromatic ring is 1. The number of nitrogens with zero attached hydrogens (tertiary/aromatic N) is 2. The van der Waals surface area contributed by atoms with Crippen molar-refractivity contribution in [2.24, 2.45) is 5.92 Å². The molecule has 0 amide bonds. The van der Waals surface area contributed by atoms with E-state index < -0.39 is 0 Å². The quantitative estimate of drug-likeness (QED) is 0.881. The number of nitrogens with two attached hydrogens (primary N) is 1. The topological polar surface area (TPSA) is 53.1 Å². The van der Waals surface area contributed by atoms with Crippen LogP contribution in [0.4, 0.5) is 5.82 Å². The number of imidazole rings is 1. The zero-order valence-corrected chi connectivity index (χ0v) is 14.6. The fraction of sp³-hybridized carbons (Fsp3) is 0.438. The lowest BCUT2D eigenvalue weighted by molar-refractivity contribution is 0.412. The molecule has 1 aromatic carbocycles. The average Bonchev–Trinajstić information content (AvgIpc) is 2.75.